The number of fused-ring (bicyclic) bond motifs is 4. The SMILES string of the molecule is COc1cc(CO)cc2c1OC1C2C(C(=O)NCCO)=CC(N(Cc2ccccc2)C(=O)c2cc3cccc(OC)c3o2)C1O. The molecule has 2 aliphatic rings. The average molecular weight is 615 g/mol. The number of nitrogens with one attached hydrogen (secondary N) is 1. The van der Waals surface area contributed by atoms with Crippen LogP contribution in [0.15, 0.2) is 82.8 Å². The number of amides is 2. The maximum absolute atomic E-state index is 14.3. The fourth-order valence-corrected chi connectivity index (χ4v) is 6.16. The van der Waals surface area contributed by atoms with E-state index < -0.39 is 36.0 Å². The molecule has 0 saturated heterocycles. The van der Waals surface area contributed by atoms with E-state index >= 15 is 0 Å². The number of ether oxygens (including phenoxy) is 3. The lowest BCUT2D eigenvalue weighted by Crippen LogP contribution is -2.55. The minimum Gasteiger partial charge on any atom is -0.493 e. The van der Waals surface area contributed by atoms with Crippen molar-refractivity contribution in [1.82, 2.24) is 10.2 Å². The summed E-state index contributed by atoms with van der Waals surface area (Å²) in [6.07, 6.45) is -0.681. The number of aliphatic hydroxyl groups excluding tert-OH is 3. The van der Waals surface area contributed by atoms with E-state index in [0.717, 1.165) is 5.56 Å². The monoisotopic (exact) mass is 614 g/mol. The Bertz CT molecular complexity index is 1750. The molecule has 2 heterocycles. The zero-order valence-electron chi connectivity index (χ0n) is 24.8. The number of para-hydroxylation sites is 1. The van der Waals surface area contributed by atoms with Crippen LogP contribution in [0.5, 0.6) is 17.2 Å². The van der Waals surface area contributed by atoms with Gasteiger partial charge in [-0.1, -0.05) is 42.5 Å². The molecular weight excluding hydrogens is 580 g/mol. The lowest BCUT2D eigenvalue weighted by Gasteiger charge is -2.40. The Morgan fingerprint density at radius 3 is 2.44 bits per heavy atom. The molecule has 45 heavy (non-hydrogen) atoms. The van der Waals surface area contributed by atoms with Gasteiger partial charge in [0.1, 0.15) is 12.2 Å². The topological polar surface area (TPSA) is 151 Å². The third-order valence-electron chi connectivity index (χ3n) is 8.25. The summed E-state index contributed by atoms with van der Waals surface area (Å²) in [7, 11) is 2.98. The molecule has 11 nitrogen and oxygen atoms in total. The highest BCUT2D eigenvalue weighted by Crippen LogP contribution is 2.51. The second-order valence-electron chi connectivity index (χ2n) is 10.9. The van der Waals surface area contributed by atoms with Crippen LogP contribution in [-0.2, 0) is 17.9 Å². The Kier molecular flexibility index (Phi) is 8.48. The van der Waals surface area contributed by atoms with E-state index in [9.17, 15) is 24.9 Å². The van der Waals surface area contributed by atoms with Gasteiger partial charge >= 0.3 is 0 Å². The van der Waals surface area contributed by atoms with Crippen LogP contribution in [0.1, 0.15) is 33.2 Å². The van der Waals surface area contributed by atoms with Crippen molar-refractivity contribution >= 4 is 22.8 Å². The molecular formula is C34H34N2O9. The standard InChI is InChI=1S/C34H34N2O9/c1-42-25-10-6-9-21-15-27(44-30(21)25)34(41)36(17-19-7-4-3-5-8-19)24-16-23(33(40)35-11-12-37)28-22-13-20(18-38)14-26(43-2)31(22)45-32(28)29(24)39/h3-10,13-16,24,28-29,32,37-39H,11-12,17-18H2,1-2H3,(H,35,40). The number of carbonyl (C=O) groups excluding carboxylic acids is 2. The van der Waals surface area contributed by atoms with Crippen molar-refractivity contribution < 1.29 is 43.5 Å². The molecule has 0 bridgehead atoms. The maximum atomic E-state index is 14.3. The first-order chi connectivity index (χ1) is 21.9. The molecule has 1 aromatic heterocycles. The normalized spacial score (nSPS) is 20.1. The Labute approximate surface area is 259 Å². The Balaban J connectivity index is 1.47. The van der Waals surface area contributed by atoms with Crippen LogP contribution in [0.25, 0.3) is 11.0 Å². The Morgan fingerprint density at radius 1 is 0.956 bits per heavy atom. The van der Waals surface area contributed by atoms with E-state index in [1.807, 2.05) is 30.3 Å². The van der Waals surface area contributed by atoms with Gasteiger partial charge in [-0.2, -0.15) is 0 Å². The van der Waals surface area contributed by atoms with Crippen molar-refractivity contribution in [2.45, 2.75) is 37.3 Å². The summed E-state index contributed by atoms with van der Waals surface area (Å²) >= 11 is 0. The van der Waals surface area contributed by atoms with Gasteiger partial charge in [0.2, 0.25) is 5.91 Å². The van der Waals surface area contributed by atoms with E-state index in [2.05, 4.69) is 5.32 Å². The Morgan fingerprint density at radius 2 is 1.73 bits per heavy atom. The smallest absolute Gasteiger partial charge is 0.290 e. The molecule has 0 saturated carbocycles. The van der Waals surface area contributed by atoms with E-state index in [0.29, 0.717) is 39.3 Å². The second-order valence-corrected chi connectivity index (χ2v) is 10.9. The van der Waals surface area contributed by atoms with Crippen LogP contribution in [0.3, 0.4) is 0 Å². The molecule has 0 spiro atoms. The maximum Gasteiger partial charge on any atom is 0.290 e. The molecule has 0 radical (unpaired) electrons. The van der Waals surface area contributed by atoms with Crippen LogP contribution < -0.4 is 19.5 Å². The highest BCUT2D eigenvalue weighted by Gasteiger charge is 2.51. The predicted molar refractivity (Wildman–Crippen MR) is 163 cm³/mol. The predicted octanol–water partition coefficient (Wildman–Crippen LogP) is 2.91. The first-order valence-electron chi connectivity index (χ1n) is 14.6. The first kappa shape index (κ1) is 30.2. The second kappa shape index (κ2) is 12.6. The quantitative estimate of drug-likeness (QED) is 0.211. The zero-order valence-corrected chi connectivity index (χ0v) is 24.8. The summed E-state index contributed by atoms with van der Waals surface area (Å²) in [5.41, 5.74) is 2.56. The number of carbonyl (C=O) groups is 2. The number of hydrogen-bond donors (Lipinski definition) is 4. The summed E-state index contributed by atoms with van der Waals surface area (Å²) in [4.78, 5) is 29.4. The molecule has 1 aliphatic carbocycles. The van der Waals surface area contributed by atoms with Crippen molar-refractivity contribution in [3.05, 3.63) is 101 Å². The van der Waals surface area contributed by atoms with Gasteiger partial charge in [0.25, 0.3) is 5.91 Å². The summed E-state index contributed by atoms with van der Waals surface area (Å²) in [6, 6.07) is 18.6. The van der Waals surface area contributed by atoms with Crippen LogP contribution in [0.4, 0.5) is 0 Å². The molecule has 4 aromatic rings. The number of benzene rings is 3. The molecule has 3 aromatic carbocycles. The summed E-state index contributed by atoms with van der Waals surface area (Å²) < 4.78 is 23.3. The van der Waals surface area contributed by atoms with Gasteiger partial charge < -0.3 is 44.2 Å². The first-order valence-corrected chi connectivity index (χ1v) is 14.6. The number of methoxy groups -OCH3 is 2. The largest absolute Gasteiger partial charge is 0.493 e. The fourth-order valence-electron chi connectivity index (χ4n) is 6.16. The fraction of sp³-hybridized carbons (Fsp3) is 0.294. The highest BCUT2D eigenvalue weighted by molar-refractivity contribution is 5.99. The van der Waals surface area contributed by atoms with Crippen LogP contribution in [-0.4, -0.2) is 77.7 Å². The van der Waals surface area contributed by atoms with E-state index in [-0.39, 0.29) is 37.6 Å². The molecule has 234 valence electrons. The zero-order chi connectivity index (χ0) is 31.7. The molecule has 0 fully saturated rings. The van der Waals surface area contributed by atoms with E-state index in [1.54, 1.807) is 42.5 Å². The molecule has 1 aliphatic heterocycles. The molecule has 6 rings (SSSR count). The van der Waals surface area contributed by atoms with Crippen LogP contribution in [0, 0.1) is 0 Å². The van der Waals surface area contributed by atoms with Gasteiger partial charge in [-0.25, -0.2) is 0 Å². The van der Waals surface area contributed by atoms with Crippen molar-refractivity contribution in [2.24, 2.45) is 0 Å². The number of furan rings is 1. The number of rotatable bonds is 10. The van der Waals surface area contributed by atoms with Gasteiger partial charge in [0.05, 0.1) is 39.4 Å². The number of hydrogen-bond acceptors (Lipinski definition) is 9. The minimum absolute atomic E-state index is 0.00196. The van der Waals surface area contributed by atoms with Gasteiger partial charge in [-0.05, 0) is 41.5 Å². The lowest BCUT2D eigenvalue weighted by atomic mass is 9.77. The van der Waals surface area contributed by atoms with Crippen LogP contribution in [0.2, 0.25) is 0 Å². The number of aliphatic hydroxyl groups is 3. The number of nitrogens with zero attached hydrogens (tertiary/aromatic N) is 1. The van der Waals surface area contributed by atoms with Gasteiger partial charge in [-0.3, -0.25) is 9.59 Å². The van der Waals surface area contributed by atoms with Crippen molar-refractivity contribution in [1.29, 1.82) is 0 Å². The molecule has 4 N–H and O–H groups in total. The van der Waals surface area contributed by atoms with Gasteiger partial charge in [0.15, 0.2) is 28.6 Å². The summed E-state index contributed by atoms with van der Waals surface area (Å²) in [5.74, 6) is -0.548. The lowest BCUT2D eigenvalue weighted by molar-refractivity contribution is -0.118. The summed E-state index contributed by atoms with van der Waals surface area (Å²) in [5, 5.41) is 34.7. The average Bonchev–Trinajstić information content (AvgIpc) is 3.69. The molecule has 4 atom stereocenters. The third-order valence-corrected chi connectivity index (χ3v) is 8.25. The van der Waals surface area contributed by atoms with E-state index in [1.165, 1.54) is 19.1 Å². The van der Waals surface area contributed by atoms with Gasteiger partial charge in [-0.15, -0.1) is 0 Å². The molecule has 4 unspecified atom stereocenters. The molecule has 11 heteroatoms. The van der Waals surface area contributed by atoms with Crippen LogP contribution >= 0.6 is 0 Å². The Hall–Kier alpha value is -4.84. The van der Waals surface area contributed by atoms with E-state index in [4.69, 9.17) is 18.6 Å². The van der Waals surface area contributed by atoms with Gasteiger partial charge in [0, 0.05) is 29.6 Å². The van der Waals surface area contributed by atoms with Crippen molar-refractivity contribution in [3.63, 3.8) is 0 Å². The highest BCUT2D eigenvalue weighted by atomic mass is 16.5. The third kappa shape index (κ3) is 5.50. The van der Waals surface area contributed by atoms with Crippen molar-refractivity contribution in [2.75, 3.05) is 27.4 Å². The summed E-state index contributed by atoms with van der Waals surface area (Å²) in [6.45, 7) is -0.464. The minimum atomic E-state index is -1.29. The van der Waals surface area contributed by atoms with Crippen molar-refractivity contribution in [3.8, 4) is 17.2 Å². The molecule has 2 amide bonds.